The van der Waals surface area contributed by atoms with Gasteiger partial charge in [0.1, 0.15) is 6.54 Å². The van der Waals surface area contributed by atoms with Crippen molar-refractivity contribution >= 4 is 22.4 Å². The SMILES string of the molecule is CCCN(C(=O)Cn1nc(C)ccc1=O)c1cccc2ccccc12. The van der Waals surface area contributed by atoms with Crippen molar-refractivity contribution in [2.24, 2.45) is 0 Å². The van der Waals surface area contributed by atoms with E-state index in [0.717, 1.165) is 22.9 Å². The van der Waals surface area contributed by atoms with Gasteiger partial charge in [-0.2, -0.15) is 5.10 Å². The quantitative estimate of drug-likeness (QED) is 0.720. The fourth-order valence-corrected chi connectivity index (χ4v) is 2.92. The lowest BCUT2D eigenvalue weighted by molar-refractivity contribution is -0.119. The van der Waals surface area contributed by atoms with Crippen LogP contribution in [0.3, 0.4) is 0 Å². The van der Waals surface area contributed by atoms with Crippen molar-refractivity contribution in [1.29, 1.82) is 0 Å². The third-order valence-electron chi connectivity index (χ3n) is 4.09. The molecule has 0 spiro atoms. The van der Waals surface area contributed by atoms with E-state index >= 15 is 0 Å². The molecular weight excluding hydrogens is 314 g/mol. The number of benzene rings is 2. The summed E-state index contributed by atoms with van der Waals surface area (Å²) in [6.45, 7) is 4.36. The van der Waals surface area contributed by atoms with Crippen molar-refractivity contribution in [1.82, 2.24) is 9.78 Å². The number of hydrogen-bond donors (Lipinski definition) is 0. The first kappa shape index (κ1) is 16.9. The highest BCUT2D eigenvalue weighted by molar-refractivity contribution is 6.03. The van der Waals surface area contributed by atoms with Crippen molar-refractivity contribution in [3.05, 3.63) is 70.6 Å². The molecule has 0 aliphatic rings. The fraction of sp³-hybridized carbons (Fsp3) is 0.250. The molecule has 5 heteroatoms. The molecule has 128 valence electrons. The summed E-state index contributed by atoms with van der Waals surface area (Å²) >= 11 is 0. The summed E-state index contributed by atoms with van der Waals surface area (Å²) < 4.78 is 1.23. The van der Waals surface area contributed by atoms with Crippen molar-refractivity contribution in [2.45, 2.75) is 26.8 Å². The van der Waals surface area contributed by atoms with Gasteiger partial charge in [-0.25, -0.2) is 4.68 Å². The number of nitrogens with zero attached hydrogens (tertiary/aromatic N) is 3. The molecule has 0 atom stereocenters. The van der Waals surface area contributed by atoms with Crippen LogP contribution >= 0.6 is 0 Å². The van der Waals surface area contributed by atoms with Crippen LogP contribution in [0.5, 0.6) is 0 Å². The van der Waals surface area contributed by atoms with Crippen LogP contribution in [0.2, 0.25) is 0 Å². The van der Waals surface area contributed by atoms with E-state index in [-0.39, 0.29) is 18.0 Å². The van der Waals surface area contributed by atoms with E-state index in [1.54, 1.807) is 17.9 Å². The zero-order chi connectivity index (χ0) is 17.8. The largest absolute Gasteiger partial charge is 0.310 e. The molecule has 1 aromatic heterocycles. The lowest BCUT2D eigenvalue weighted by atomic mass is 10.1. The Morgan fingerprint density at radius 3 is 2.64 bits per heavy atom. The second-order valence-corrected chi connectivity index (χ2v) is 6.01. The first-order chi connectivity index (χ1) is 12.1. The highest BCUT2D eigenvalue weighted by atomic mass is 16.2. The number of aryl methyl sites for hydroxylation is 1. The maximum absolute atomic E-state index is 12.9. The molecular formula is C20H21N3O2. The first-order valence-corrected chi connectivity index (χ1v) is 8.43. The summed E-state index contributed by atoms with van der Waals surface area (Å²) in [4.78, 5) is 26.7. The van der Waals surface area contributed by atoms with Gasteiger partial charge >= 0.3 is 0 Å². The van der Waals surface area contributed by atoms with Crippen molar-refractivity contribution in [2.75, 3.05) is 11.4 Å². The van der Waals surface area contributed by atoms with Crippen LogP contribution in [-0.2, 0) is 11.3 Å². The maximum Gasteiger partial charge on any atom is 0.267 e. The van der Waals surface area contributed by atoms with Crippen LogP contribution in [0, 0.1) is 6.92 Å². The molecule has 0 saturated heterocycles. The summed E-state index contributed by atoms with van der Waals surface area (Å²) in [6, 6.07) is 17.0. The standard InChI is InChI=1S/C20H21N3O2/c1-3-13-22(18-10-6-8-16-7-4-5-9-17(16)18)20(25)14-23-19(24)12-11-15(2)21-23/h4-12H,3,13-14H2,1-2H3. The molecule has 0 N–H and O–H groups in total. The molecule has 0 aliphatic carbocycles. The van der Waals surface area contributed by atoms with E-state index in [1.165, 1.54) is 10.7 Å². The molecule has 0 fully saturated rings. The Bertz CT molecular complexity index is 957. The number of anilines is 1. The van der Waals surface area contributed by atoms with Gasteiger partial charge < -0.3 is 4.90 Å². The predicted molar refractivity (Wildman–Crippen MR) is 99.8 cm³/mol. The summed E-state index contributed by atoms with van der Waals surface area (Å²) in [6.07, 6.45) is 0.825. The Balaban J connectivity index is 1.99. The molecule has 1 heterocycles. The van der Waals surface area contributed by atoms with Crippen molar-refractivity contribution in [3.8, 4) is 0 Å². The number of aromatic nitrogens is 2. The molecule has 0 saturated carbocycles. The van der Waals surface area contributed by atoms with Crippen LogP contribution in [0.15, 0.2) is 59.4 Å². The molecule has 25 heavy (non-hydrogen) atoms. The monoisotopic (exact) mass is 335 g/mol. The molecule has 0 unspecified atom stereocenters. The lowest BCUT2D eigenvalue weighted by Gasteiger charge is -2.24. The Morgan fingerprint density at radius 2 is 1.84 bits per heavy atom. The number of fused-ring (bicyclic) bond motifs is 1. The van der Waals surface area contributed by atoms with Crippen LogP contribution in [0.4, 0.5) is 5.69 Å². The predicted octanol–water partition coefficient (Wildman–Crippen LogP) is 3.15. The van der Waals surface area contributed by atoms with Gasteiger partial charge in [-0.3, -0.25) is 9.59 Å². The van der Waals surface area contributed by atoms with E-state index in [4.69, 9.17) is 0 Å². The van der Waals surface area contributed by atoms with Gasteiger partial charge in [-0.1, -0.05) is 43.3 Å². The van der Waals surface area contributed by atoms with Gasteiger partial charge in [0, 0.05) is 18.0 Å². The Morgan fingerprint density at radius 1 is 1.08 bits per heavy atom. The van der Waals surface area contributed by atoms with E-state index in [0.29, 0.717) is 12.2 Å². The van der Waals surface area contributed by atoms with Crippen LogP contribution in [0.1, 0.15) is 19.0 Å². The van der Waals surface area contributed by atoms with Gasteiger partial charge in [-0.05, 0) is 30.9 Å². The van der Waals surface area contributed by atoms with Crippen LogP contribution < -0.4 is 10.5 Å². The van der Waals surface area contributed by atoms with Crippen LogP contribution in [-0.4, -0.2) is 22.2 Å². The third kappa shape index (κ3) is 3.60. The van der Waals surface area contributed by atoms with Gasteiger partial charge in [0.15, 0.2) is 0 Å². The van der Waals surface area contributed by atoms with Gasteiger partial charge in [0.2, 0.25) is 5.91 Å². The molecule has 5 nitrogen and oxygen atoms in total. The average molecular weight is 335 g/mol. The lowest BCUT2D eigenvalue weighted by Crippen LogP contribution is -2.38. The Hall–Kier alpha value is -2.95. The summed E-state index contributed by atoms with van der Waals surface area (Å²) in [7, 11) is 0. The first-order valence-electron chi connectivity index (χ1n) is 8.43. The van der Waals surface area contributed by atoms with E-state index in [2.05, 4.69) is 5.10 Å². The number of hydrogen-bond acceptors (Lipinski definition) is 3. The maximum atomic E-state index is 12.9. The summed E-state index contributed by atoms with van der Waals surface area (Å²) in [5.74, 6) is -0.140. The normalized spacial score (nSPS) is 10.8. The highest BCUT2D eigenvalue weighted by Crippen LogP contribution is 2.27. The molecule has 1 amide bonds. The zero-order valence-corrected chi connectivity index (χ0v) is 14.5. The Kier molecular flexibility index (Phi) is 4.93. The molecule has 0 radical (unpaired) electrons. The van der Waals surface area contributed by atoms with E-state index in [1.807, 2.05) is 49.4 Å². The number of carbonyl (C=O) groups excluding carboxylic acids is 1. The van der Waals surface area contributed by atoms with Gasteiger partial charge in [0.25, 0.3) is 5.56 Å². The Labute approximate surface area is 146 Å². The second-order valence-electron chi connectivity index (χ2n) is 6.01. The molecule has 2 aromatic carbocycles. The average Bonchev–Trinajstić information content (AvgIpc) is 2.62. The second kappa shape index (κ2) is 7.30. The highest BCUT2D eigenvalue weighted by Gasteiger charge is 2.18. The summed E-state index contributed by atoms with van der Waals surface area (Å²) in [5, 5.41) is 6.28. The van der Waals surface area contributed by atoms with E-state index < -0.39 is 0 Å². The van der Waals surface area contributed by atoms with Crippen molar-refractivity contribution in [3.63, 3.8) is 0 Å². The fourth-order valence-electron chi connectivity index (χ4n) is 2.92. The van der Waals surface area contributed by atoms with Crippen LogP contribution in [0.25, 0.3) is 10.8 Å². The minimum atomic E-state index is -0.270. The summed E-state index contributed by atoms with van der Waals surface area (Å²) in [5.41, 5.74) is 1.30. The third-order valence-corrected chi connectivity index (χ3v) is 4.09. The minimum Gasteiger partial charge on any atom is -0.310 e. The molecule has 0 bridgehead atoms. The van der Waals surface area contributed by atoms with E-state index in [9.17, 15) is 9.59 Å². The number of rotatable bonds is 5. The minimum absolute atomic E-state index is 0.0657. The van der Waals surface area contributed by atoms with Crippen molar-refractivity contribution < 1.29 is 4.79 Å². The number of amides is 1. The molecule has 0 aliphatic heterocycles. The molecule has 3 rings (SSSR count). The zero-order valence-electron chi connectivity index (χ0n) is 14.5. The van der Waals surface area contributed by atoms with Gasteiger partial charge in [0.05, 0.1) is 11.4 Å². The number of carbonyl (C=O) groups is 1. The van der Waals surface area contributed by atoms with Gasteiger partial charge in [-0.15, -0.1) is 0 Å². The topological polar surface area (TPSA) is 55.2 Å². The molecule has 3 aromatic rings. The smallest absolute Gasteiger partial charge is 0.267 e.